The average Bonchev–Trinajstić information content (AvgIpc) is 2.60. The van der Waals surface area contributed by atoms with Gasteiger partial charge in [-0.2, -0.15) is 0 Å². The van der Waals surface area contributed by atoms with E-state index in [0.29, 0.717) is 5.69 Å². The number of rotatable bonds is 2. The number of pyridine rings is 1. The van der Waals surface area contributed by atoms with Gasteiger partial charge in [0.15, 0.2) is 0 Å². The Bertz CT molecular complexity index is 1130. The Kier molecular flexibility index (Phi) is 4.00. The monoisotopic (exact) mass is 338 g/mol. The van der Waals surface area contributed by atoms with E-state index in [1.165, 1.54) is 30.8 Å². The Morgan fingerprint density at radius 2 is 1.72 bits per heavy atom. The van der Waals surface area contributed by atoms with Crippen molar-refractivity contribution in [1.82, 2.24) is 14.1 Å². The molecule has 1 N–H and O–H groups in total. The van der Waals surface area contributed by atoms with Gasteiger partial charge < -0.3 is 5.32 Å². The van der Waals surface area contributed by atoms with Crippen LogP contribution in [-0.4, -0.2) is 20.0 Å². The molecule has 0 aliphatic carbocycles. The minimum absolute atomic E-state index is 0.133. The van der Waals surface area contributed by atoms with E-state index in [-0.39, 0.29) is 16.7 Å². The molecule has 0 radical (unpaired) electrons. The highest BCUT2D eigenvalue weighted by molar-refractivity contribution is 6.03. The maximum Gasteiger partial charge on any atom is 0.332 e. The summed E-state index contributed by atoms with van der Waals surface area (Å²) in [5, 5.41) is 3.06. The van der Waals surface area contributed by atoms with Crippen molar-refractivity contribution in [3.05, 3.63) is 68.0 Å². The van der Waals surface area contributed by atoms with Gasteiger partial charge in [-0.05, 0) is 49.2 Å². The average molecular weight is 338 g/mol. The molecule has 1 aromatic carbocycles. The fraction of sp³-hybridized carbons (Fsp3) is 0.222. The van der Waals surface area contributed by atoms with E-state index in [4.69, 9.17) is 0 Å². The molecule has 7 heteroatoms. The molecule has 128 valence electrons. The molecule has 0 saturated carbocycles. The number of aryl methyl sites for hydroxylation is 3. The Morgan fingerprint density at radius 3 is 2.40 bits per heavy atom. The third kappa shape index (κ3) is 2.84. The van der Waals surface area contributed by atoms with E-state index in [2.05, 4.69) is 10.3 Å². The number of hydrogen-bond acceptors (Lipinski definition) is 4. The van der Waals surface area contributed by atoms with E-state index in [1.807, 2.05) is 32.0 Å². The van der Waals surface area contributed by atoms with Crippen molar-refractivity contribution in [1.29, 1.82) is 0 Å². The molecule has 2 aromatic heterocycles. The third-order valence-corrected chi connectivity index (χ3v) is 4.30. The second kappa shape index (κ2) is 6.01. The number of amides is 1. The quantitative estimate of drug-likeness (QED) is 0.767. The fourth-order valence-corrected chi connectivity index (χ4v) is 2.59. The molecule has 0 atom stereocenters. The van der Waals surface area contributed by atoms with Gasteiger partial charge in [0.05, 0.1) is 5.39 Å². The van der Waals surface area contributed by atoms with Crippen molar-refractivity contribution >= 4 is 22.6 Å². The molecule has 3 rings (SSSR count). The summed E-state index contributed by atoms with van der Waals surface area (Å²) in [7, 11) is 2.92. The molecule has 0 aliphatic rings. The van der Waals surface area contributed by atoms with E-state index >= 15 is 0 Å². The number of carbonyl (C=O) groups is 1. The molecule has 0 saturated heterocycles. The normalized spacial score (nSPS) is 10.9. The first-order valence-corrected chi connectivity index (χ1v) is 7.75. The Hall–Kier alpha value is -3.22. The number of carbonyl (C=O) groups excluding carboxylic acids is 1. The summed E-state index contributed by atoms with van der Waals surface area (Å²) < 4.78 is 2.27. The smallest absolute Gasteiger partial charge is 0.321 e. The van der Waals surface area contributed by atoms with Crippen molar-refractivity contribution in [2.75, 3.05) is 5.32 Å². The minimum Gasteiger partial charge on any atom is -0.321 e. The molecule has 0 aliphatic heterocycles. The van der Waals surface area contributed by atoms with Crippen LogP contribution in [0.3, 0.4) is 0 Å². The summed E-state index contributed by atoms with van der Waals surface area (Å²) in [5.41, 5.74) is 2.24. The fourth-order valence-electron chi connectivity index (χ4n) is 2.59. The topological polar surface area (TPSA) is 86.0 Å². The Balaban J connectivity index is 2.04. The maximum atomic E-state index is 12.5. The molecular weight excluding hydrogens is 320 g/mol. The van der Waals surface area contributed by atoms with Gasteiger partial charge in [0.1, 0.15) is 11.3 Å². The van der Waals surface area contributed by atoms with Crippen LogP contribution in [0.15, 0.2) is 39.9 Å². The number of benzene rings is 1. The summed E-state index contributed by atoms with van der Waals surface area (Å²) in [6.07, 6.45) is 0. The first-order chi connectivity index (χ1) is 11.8. The molecule has 0 spiro atoms. The molecule has 0 bridgehead atoms. The summed E-state index contributed by atoms with van der Waals surface area (Å²) in [6, 6.07) is 8.60. The summed E-state index contributed by atoms with van der Waals surface area (Å²) in [5.74, 6) is -0.404. The molecule has 0 unspecified atom stereocenters. The van der Waals surface area contributed by atoms with Crippen LogP contribution in [0, 0.1) is 13.8 Å². The SMILES string of the molecule is Cc1ccc(NC(=O)c2ccc3c(=O)n(C)c(=O)n(C)c3n2)cc1C. The third-order valence-electron chi connectivity index (χ3n) is 4.30. The highest BCUT2D eigenvalue weighted by Gasteiger charge is 2.14. The van der Waals surface area contributed by atoms with Crippen LogP contribution in [0.5, 0.6) is 0 Å². The van der Waals surface area contributed by atoms with Gasteiger partial charge in [0.25, 0.3) is 11.5 Å². The largest absolute Gasteiger partial charge is 0.332 e. The second-order valence-corrected chi connectivity index (χ2v) is 6.03. The molecular formula is C18H18N4O3. The molecule has 25 heavy (non-hydrogen) atoms. The predicted octanol–water partition coefficient (Wildman–Crippen LogP) is 1.50. The van der Waals surface area contributed by atoms with Crippen LogP contribution in [0.2, 0.25) is 0 Å². The maximum absolute atomic E-state index is 12.5. The van der Waals surface area contributed by atoms with Crippen LogP contribution < -0.4 is 16.6 Å². The number of fused-ring (bicyclic) bond motifs is 1. The van der Waals surface area contributed by atoms with Gasteiger partial charge in [-0.15, -0.1) is 0 Å². The zero-order valence-corrected chi connectivity index (χ0v) is 14.5. The molecule has 0 fully saturated rings. The Morgan fingerprint density at radius 1 is 1.00 bits per heavy atom. The number of nitrogens with one attached hydrogen (secondary N) is 1. The lowest BCUT2D eigenvalue weighted by atomic mass is 10.1. The van der Waals surface area contributed by atoms with E-state index in [0.717, 1.165) is 15.7 Å². The van der Waals surface area contributed by atoms with Gasteiger partial charge >= 0.3 is 5.69 Å². The first kappa shape index (κ1) is 16.6. The highest BCUT2D eigenvalue weighted by atomic mass is 16.2. The van der Waals surface area contributed by atoms with Crippen LogP contribution in [0.1, 0.15) is 21.6 Å². The minimum atomic E-state index is -0.489. The predicted molar refractivity (Wildman–Crippen MR) is 96.1 cm³/mol. The van der Waals surface area contributed by atoms with Crippen LogP contribution >= 0.6 is 0 Å². The lowest BCUT2D eigenvalue weighted by Gasteiger charge is -2.09. The van der Waals surface area contributed by atoms with E-state index in [9.17, 15) is 14.4 Å². The molecule has 2 heterocycles. The number of anilines is 1. The van der Waals surface area contributed by atoms with Gasteiger partial charge in [0.2, 0.25) is 0 Å². The van der Waals surface area contributed by atoms with Gasteiger partial charge in [0, 0.05) is 19.8 Å². The molecule has 1 amide bonds. The van der Waals surface area contributed by atoms with E-state index in [1.54, 1.807) is 0 Å². The van der Waals surface area contributed by atoms with Gasteiger partial charge in [-0.25, -0.2) is 9.78 Å². The van der Waals surface area contributed by atoms with Crippen LogP contribution in [0.25, 0.3) is 11.0 Å². The highest BCUT2D eigenvalue weighted by Crippen LogP contribution is 2.15. The first-order valence-electron chi connectivity index (χ1n) is 7.75. The number of nitrogens with zero attached hydrogens (tertiary/aromatic N) is 3. The van der Waals surface area contributed by atoms with Crippen molar-refractivity contribution in [3.8, 4) is 0 Å². The lowest BCUT2D eigenvalue weighted by Crippen LogP contribution is -2.37. The van der Waals surface area contributed by atoms with Crippen molar-refractivity contribution in [3.63, 3.8) is 0 Å². The second-order valence-electron chi connectivity index (χ2n) is 6.03. The van der Waals surface area contributed by atoms with Crippen LogP contribution in [0.4, 0.5) is 5.69 Å². The summed E-state index contributed by atoms with van der Waals surface area (Å²) >= 11 is 0. The number of hydrogen-bond donors (Lipinski definition) is 1. The van der Waals surface area contributed by atoms with E-state index < -0.39 is 17.2 Å². The molecule has 3 aromatic rings. The number of aromatic nitrogens is 3. The van der Waals surface area contributed by atoms with Crippen LogP contribution in [-0.2, 0) is 14.1 Å². The summed E-state index contributed by atoms with van der Waals surface area (Å²) in [4.78, 5) is 40.9. The zero-order valence-electron chi connectivity index (χ0n) is 14.5. The van der Waals surface area contributed by atoms with Crippen molar-refractivity contribution < 1.29 is 4.79 Å². The summed E-state index contributed by atoms with van der Waals surface area (Å²) in [6.45, 7) is 3.96. The lowest BCUT2D eigenvalue weighted by molar-refractivity contribution is 0.102. The standard InChI is InChI=1S/C18H18N4O3/c1-10-5-6-12(9-11(10)2)19-16(23)14-8-7-13-15(20-14)21(3)18(25)22(4)17(13)24/h5-9H,1-4H3,(H,19,23). The van der Waals surface area contributed by atoms with Gasteiger partial charge in [-0.1, -0.05) is 6.07 Å². The Labute approximate surface area is 143 Å². The van der Waals surface area contributed by atoms with Crippen molar-refractivity contribution in [2.24, 2.45) is 14.1 Å². The van der Waals surface area contributed by atoms with Gasteiger partial charge in [-0.3, -0.25) is 18.7 Å². The zero-order chi connectivity index (χ0) is 18.3. The molecule has 7 nitrogen and oxygen atoms in total. The van der Waals surface area contributed by atoms with Crippen molar-refractivity contribution in [2.45, 2.75) is 13.8 Å².